The van der Waals surface area contributed by atoms with E-state index in [0.717, 1.165) is 17.8 Å². The van der Waals surface area contributed by atoms with Crippen molar-refractivity contribution in [3.8, 4) is 0 Å². The van der Waals surface area contributed by atoms with Crippen LogP contribution in [0.5, 0.6) is 0 Å². The van der Waals surface area contributed by atoms with Crippen LogP contribution in [0.25, 0.3) is 6.08 Å². The van der Waals surface area contributed by atoms with Crippen molar-refractivity contribution in [1.82, 2.24) is 15.2 Å². The number of carbonyl (C=O) groups is 2. The molecule has 2 amide bonds. The lowest BCUT2D eigenvalue weighted by atomic mass is 10.2. The summed E-state index contributed by atoms with van der Waals surface area (Å²) in [5, 5.41) is 2.58. The Labute approximate surface area is 178 Å². The van der Waals surface area contributed by atoms with Crippen LogP contribution in [-0.4, -0.2) is 54.4 Å². The number of amides is 2. The molecule has 9 heteroatoms. The van der Waals surface area contributed by atoms with Crippen molar-refractivity contribution in [2.24, 2.45) is 0 Å². The summed E-state index contributed by atoms with van der Waals surface area (Å²) in [6, 6.07) is 11.7. The van der Waals surface area contributed by atoms with Gasteiger partial charge in [0.05, 0.1) is 12.1 Å². The molecule has 2 heterocycles. The predicted molar refractivity (Wildman–Crippen MR) is 111 cm³/mol. The molecule has 1 fully saturated rings. The lowest BCUT2D eigenvalue weighted by Crippen LogP contribution is -2.41. The number of carbonyl (C=O) groups excluding carboxylic acids is 2. The fourth-order valence-electron chi connectivity index (χ4n) is 3.21. The molecule has 1 aliphatic heterocycles. The van der Waals surface area contributed by atoms with Gasteiger partial charge in [-0.2, -0.15) is 13.2 Å². The summed E-state index contributed by atoms with van der Waals surface area (Å²) in [5.74, 6) is -0.118. The van der Waals surface area contributed by atoms with Gasteiger partial charge in [-0.1, -0.05) is 30.3 Å². The first kappa shape index (κ1) is 22.3. The topological polar surface area (TPSA) is 65.5 Å². The molecule has 0 atom stereocenters. The minimum Gasteiger partial charge on any atom is -0.355 e. The number of benzene rings is 1. The van der Waals surface area contributed by atoms with Gasteiger partial charge in [-0.25, -0.2) is 4.98 Å². The second-order valence-corrected chi connectivity index (χ2v) is 7.09. The number of nitrogens with one attached hydrogen (secondary N) is 1. The van der Waals surface area contributed by atoms with Crippen molar-refractivity contribution in [1.29, 1.82) is 0 Å². The molecular weight excluding hydrogens is 409 g/mol. The zero-order valence-electron chi connectivity index (χ0n) is 16.8. The molecule has 0 spiro atoms. The van der Waals surface area contributed by atoms with E-state index in [0.29, 0.717) is 38.4 Å². The summed E-state index contributed by atoms with van der Waals surface area (Å²) in [6.45, 7) is 1.82. The van der Waals surface area contributed by atoms with E-state index in [1.54, 1.807) is 11.0 Å². The smallest absolute Gasteiger partial charge is 0.355 e. The maximum atomic E-state index is 12.7. The van der Waals surface area contributed by atoms with Crippen molar-refractivity contribution >= 4 is 23.7 Å². The normalized spacial score (nSPS) is 15.1. The van der Waals surface area contributed by atoms with Crippen LogP contribution in [0.2, 0.25) is 0 Å². The summed E-state index contributed by atoms with van der Waals surface area (Å²) in [7, 11) is 0. The first-order valence-electron chi connectivity index (χ1n) is 9.90. The third-order valence-corrected chi connectivity index (χ3v) is 4.89. The number of aromatic nitrogens is 1. The van der Waals surface area contributed by atoms with E-state index in [1.165, 1.54) is 12.1 Å². The Morgan fingerprint density at radius 1 is 1.03 bits per heavy atom. The summed E-state index contributed by atoms with van der Waals surface area (Å²) in [4.78, 5) is 31.8. The number of rotatable bonds is 5. The molecule has 31 heavy (non-hydrogen) atoms. The quantitative estimate of drug-likeness (QED) is 0.738. The van der Waals surface area contributed by atoms with Gasteiger partial charge in [0.2, 0.25) is 11.8 Å². The first-order valence-corrected chi connectivity index (χ1v) is 9.90. The lowest BCUT2D eigenvalue weighted by molar-refractivity contribution is -0.137. The molecule has 1 aromatic heterocycles. The van der Waals surface area contributed by atoms with E-state index >= 15 is 0 Å². The molecule has 0 unspecified atom stereocenters. The molecule has 0 radical (unpaired) electrons. The molecule has 1 saturated heterocycles. The highest BCUT2D eigenvalue weighted by molar-refractivity contribution is 5.94. The van der Waals surface area contributed by atoms with Crippen LogP contribution in [0, 0.1) is 0 Å². The van der Waals surface area contributed by atoms with Gasteiger partial charge in [0.1, 0.15) is 5.82 Å². The van der Waals surface area contributed by atoms with Gasteiger partial charge in [0.15, 0.2) is 0 Å². The van der Waals surface area contributed by atoms with Gasteiger partial charge in [-0.05, 0) is 30.2 Å². The van der Waals surface area contributed by atoms with Gasteiger partial charge >= 0.3 is 6.18 Å². The second kappa shape index (κ2) is 10.1. The van der Waals surface area contributed by atoms with Gasteiger partial charge in [0, 0.05) is 38.5 Å². The van der Waals surface area contributed by atoms with Crippen molar-refractivity contribution in [3.05, 3.63) is 65.9 Å². The van der Waals surface area contributed by atoms with E-state index in [2.05, 4.69) is 10.3 Å². The molecule has 0 saturated carbocycles. The van der Waals surface area contributed by atoms with Gasteiger partial charge < -0.3 is 15.1 Å². The number of nitrogens with zero attached hydrogens (tertiary/aromatic N) is 3. The molecule has 6 nitrogen and oxygen atoms in total. The third-order valence-electron chi connectivity index (χ3n) is 4.89. The Morgan fingerprint density at radius 2 is 1.81 bits per heavy atom. The van der Waals surface area contributed by atoms with Crippen molar-refractivity contribution in [2.45, 2.75) is 12.6 Å². The maximum absolute atomic E-state index is 12.7. The molecule has 164 valence electrons. The number of hydrogen-bond donors (Lipinski definition) is 1. The number of hydrogen-bond acceptors (Lipinski definition) is 4. The van der Waals surface area contributed by atoms with Crippen molar-refractivity contribution in [2.75, 3.05) is 37.6 Å². The summed E-state index contributed by atoms with van der Waals surface area (Å²) in [6.07, 6.45) is 0.0932. The van der Waals surface area contributed by atoms with Gasteiger partial charge in [-0.3, -0.25) is 9.59 Å². The van der Waals surface area contributed by atoms with Crippen molar-refractivity contribution < 1.29 is 22.8 Å². The average molecular weight is 432 g/mol. The van der Waals surface area contributed by atoms with Gasteiger partial charge in [-0.15, -0.1) is 0 Å². The van der Waals surface area contributed by atoms with Gasteiger partial charge in [0.25, 0.3) is 0 Å². The standard InChI is InChI=1S/C22H23F3N4O2/c23-22(24,25)18-8-9-19(26-15-18)28-11-4-12-29(14-13-28)21(31)16-27-20(30)10-7-17-5-2-1-3-6-17/h1-3,5-10,15H,4,11-14,16H2,(H,27,30)/b10-7+. The third kappa shape index (κ3) is 6.56. The number of anilines is 1. The number of halogens is 3. The predicted octanol–water partition coefficient (Wildman–Crippen LogP) is 2.97. The minimum atomic E-state index is -4.42. The molecular formula is C22H23F3N4O2. The van der Waals surface area contributed by atoms with E-state index < -0.39 is 11.7 Å². The Kier molecular flexibility index (Phi) is 7.28. The van der Waals surface area contributed by atoms with Crippen LogP contribution in [0.1, 0.15) is 17.5 Å². The fourth-order valence-corrected chi connectivity index (χ4v) is 3.21. The van der Waals surface area contributed by atoms with Crippen molar-refractivity contribution in [3.63, 3.8) is 0 Å². The number of alkyl halides is 3. The average Bonchev–Trinajstić information content (AvgIpc) is 3.03. The lowest BCUT2D eigenvalue weighted by Gasteiger charge is -2.23. The maximum Gasteiger partial charge on any atom is 0.417 e. The first-order chi connectivity index (χ1) is 14.8. The molecule has 0 bridgehead atoms. The summed E-state index contributed by atoms with van der Waals surface area (Å²) < 4.78 is 38.1. The molecule has 1 aromatic carbocycles. The monoisotopic (exact) mass is 432 g/mol. The molecule has 2 aromatic rings. The Morgan fingerprint density at radius 3 is 2.48 bits per heavy atom. The molecule has 1 N–H and O–H groups in total. The van der Waals surface area contributed by atoms with Crippen LogP contribution in [0.3, 0.4) is 0 Å². The van der Waals surface area contributed by atoms with E-state index in [1.807, 2.05) is 35.2 Å². The van der Waals surface area contributed by atoms with E-state index in [4.69, 9.17) is 0 Å². The molecule has 3 rings (SSSR count). The molecule has 1 aliphatic rings. The highest BCUT2D eigenvalue weighted by Gasteiger charge is 2.31. The Balaban J connectivity index is 1.48. The zero-order valence-corrected chi connectivity index (χ0v) is 16.8. The Bertz CT molecular complexity index is 915. The second-order valence-electron chi connectivity index (χ2n) is 7.09. The highest BCUT2D eigenvalue weighted by atomic mass is 19.4. The van der Waals surface area contributed by atoms with Crippen LogP contribution in [0.15, 0.2) is 54.7 Å². The molecule has 0 aliphatic carbocycles. The van der Waals surface area contributed by atoms with Crippen LogP contribution in [0.4, 0.5) is 19.0 Å². The SMILES string of the molecule is O=C(/C=C/c1ccccc1)NCC(=O)N1CCCN(c2ccc(C(F)(F)F)cn2)CC1. The fraction of sp³-hybridized carbons (Fsp3) is 0.318. The van der Waals surface area contributed by atoms with E-state index in [9.17, 15) is 22.8 Å². The Hall–Kier alpha value is -3.36. The van der Waals surface area contributed by atoms with E-state index in [-0.39, 0.29) is 18.4 Å². The summed E-state index contributed by atoms with van der Waals surface area (Å²) in [5.41, 5.74) is 0.0911. The van der Waals surface area contributed by atoms with Crippen LogP contribution >= 0.6 is 0 Å². The van der Waals surface area contributed by atoms with Crippen LogP contribution in [-0.2, 0) is 15.8 Å². The number of pyridine rings is 1. The minimum absolute atomic E-state index is 0.115. The largest absolute Gasteiger partial charge is 0.417 e. The highest BCUT2D eigenvalue weighted by Crippen LogP contribution is 2.29. The summed E-state index contributed by atoms with van der Waals surface area (Å²) >= 11 is 0. The van der Waals surface area contributed by atoms with Crippen LogP contribution < -0.4 is 10.2 Å². The zero-order chi connectivity index (χ0) is 22.3.